The number of aromatic hydroxyl groups is 2. The van der Waals surface area contributed by atoms with E-state index in [-0.39, 0.29) is 23.1 Å². The maximum Gasteiger partial charge on any atom is 0.297 e. The Morgan fingerprint density at radius 2 is 1.72 bits per heavy atom. The molecule has 0 spiro atoms. The van der Waals surface area contributed by atoms with Crippen LogP contribution in [0.5, 0.6) is 17.5 Å². The van der Waals surface area contributed by atoms with E-state index >= 15 is 0 Å². The molecule has 8 heteroatoms. The Labute approximate surface area is 142 Å². The van der Waals surface area contributed by atoms with Gasteiger partial charge in [0.15, 0.2) is 0 Å². The Kier molecular flexibility index (Phi) is 2.82. The summed E-state index contributed by atoms with van der Waals surface area (Å²) in [6.45, 7) is 3.54. The van der Waals surface area contributed by atoms with Gasteiger partial charge < -0.3 is 19.7 Å². The van der Waals surface area contributed by atoms with Gasteiger partial charge in [0.1, 0.15) is 22.6 Å². The van der Waals surface area contributed by atoms with Crippen LogP contribution in [0, 0.1) is 10.1 Å². The number of fused-ring (bicyclic) bond motifs is 5. The normalized spacial score (nSPS) is 26.0. The Balaban J connectivity index is 2.01. The van der Waals surface area contributed by atoms with E-state index in [1.54, 1.807) is 26.0 Å². The fourth-order valence-corrected chi connectivity index (χ4v) is 3.78. The minimum Gasteiger partial charge on any atom is -0.496 e. The number of methoxy groups -OCH3 is 1. The summed E-state index contributed by atoms with van der Waals surface area (Å²) in [5, 5.41) is 33.0. The lowest BCUT2D eigenvalue weighted by atomic mass is 9.86. The lowest BCUT2D eigenvalue weighted by Crippen LogP contribution is -2.19. The van der Waals surface area contributed by atoms with Gasteiger partial charge in [-0.15, -0.1) is 0 Å². The fraction of sp³-hybridized carbons (Fsp3) is 0.294. The zero-order chi connectivity index (χ0) is 18.1. The molecule has 0 fully saturated rings. The van der Waals surface area contributed by atoms with Crippen LogP contribution in [-0.2, 0) is 15.9 Å². The first-order valence-electron chi connectivity index (χ1n) is 7.63. The van der Waals surface area contributed by atoms with Crippen LogP contribution in [0.1, 0.15) is 25.0 Å². The van der Waals surface area contributed by atoms with Crippen molar-refractivity contribution in [3.63, 3.8) is 0 Å². The molecule has 25 heavy (non-hydrogen) atoms. The SMILES string of the molecule is COc1ccc(-n2c(O)c3c(c2O)C2(C)C=CC3(C)O2)c([N+](=O)[O-])c1. The van der Waals surface area contributed by atoms with Gasteiger partial charge in [-0.3, -0.25) is 10.1 Å². The van der Waals surface area contributed by atoms with E-state index in [0.717, 1.165) is 4.57 Å². The monoisotopic (exact) mass is 344 g/mol. The summed E-state index contributed by atoms with van der Waals surface area (Å²) >= 11 is 0. The van der Waals surface area contributed by atoms with Crippen LogP contribution in [0.15, 0.2) is 30.4 Å². The third-order valence-electron chi connectivity index (χ3n) is 4.88. The highest BCUT2D eigenvalue weighted by molar-refractivity contribution is 5.67. The predicted molar refractivity (Wildman–Crippen MR) is 87.2 cm³/mol. The zero-order valence-corrected chi connectivity index (χ0v) is 13.8. The highest BCUT2D eigenvalue weighted by Gasteiger charge is 2.56. The molecular weight excluding hydrogens is 328 g/mol. The third kappa shape index (κ3) is 1.79. The number of rotatable bonds is 3. The number of benzene rings is 1. The van der Waals surface area contributed by atoms with E-state index in [1.165, 1.54) is 25.3 Å². The number of aromatic nitrogens is 1. The minimum atomic E-state index is -0.891. The van der Waals surface area contributed by atoms with E-state index in [9.17, 15) is 20.3 Å². The van der Waals surface area contributed by atoms with Crippen LogP contribution < -0.4 is 4.74 Å². The Morgan fingerprint density at radius 3 is 2.20 bits per heavy atom. The van der Waals surface area contributed by atoms with Crippen LogP contribution in [0.2, 0.25) is 0 Å². The molecule has 0 saturated carbocycles. The molecule has 1 aromatic heterocycles. The summed E-state index contributed by atoms with van der Waals surface area (Å²) in [6, 6.07) is 4.19. The first-order valence-corrected chi connectivity index (χ1v) is 7.63. The van der Waals surface area contributed by atoms with Gasteiger partial charge in [-0.05, 0) is 38.1 Å². The second kappa shape index (κ2) is 4.54. The molecule has 2 bridgehead atoms. The number of nitrogens with zero attached hydrogens (tertiary/aromatic N) is 2. The molecule has 4 rings (SSSR count). The van der Waals surface area contributed by atoms with Crippen LogP contribution in [0.25, 0.3) is 5.69 Å². The molecule has 0 saturated heterocycles. The summed E-state index contributed by atoms with van der Waals surface area (Å²) in [4.78, 5) is 10.9. The predicted octanol–water partition coefficient (Wildman–Crippen LogP) is 2.84. The van der Waals surface area contributed by atoms with E-state index in [2.05, 4.69) is 0 Å². The van der Waals surface area contributed by atoms with Crippen molar-refractivity contribution in [2.24, 2.45) is 0 Å². The van der Waals surface area contributed by atoms with Gasteiger partial charge in [0.25, 0.3) is 5.69 Å². The van der Waals surface area contributed by atoms with Gasteiger partial charge in [-0.2, -0.15) is 0 Å². The van der Waals surface area contributed by atoms with Crippen molar-refractivity contribution in [1.29, 1.82) is 0 Å². The smallest absolute Gasteiger partial charge is 0.297 e. The van der Waals surface area contributed by atoms with E-state index in [0.29, 0.717) is 16.9 Å². The van der Waals surface area contributed by atoms with Gasteiger partial charge in [-0.25, -0.2) is 4.57 Å². The first kappa shape index (κ1) is 15.5. The standard InChI is InChI=1S/C17H16N2O6/c1-16-6-7-17(2,25-16)13-12(16)14(20)18(15(13)21)10-5-4-9(24-3)8-11(10)19(22)23/h4-8,20-21H,1-3H3. The van der Waals surface area contributed by atoms with Crippen LogP contribution in [-0.4, -0.2) is 26.8 Å². The number of ether oxygens (including phenoxy) is 2. The highest BCUT2D eigenvalue weighted by atomic mass is 16.6. The van der Waals surface area contributed by atoms with Crippen LogP contribution in [0.4, 0.5) is 5.69 Å². The van der Waals surface area contributed by atoms with Crippen LogP contribution >= 0.6 is 0 Å². The Bertz CT molecular complexity index is 921. The second-order valence-corrected chi connectivity index (χ2v) is 6.49. The Morgan fingerprint density at radius 1 is 1.16 bits per heavy atom. The molecule has 2 aliphatic heterocycles. The first-order chi connectivity index (χ1) is 11.7. The average molecular weight is 344 g/mol. The van der Waals surface area contributed by atoms with Crippen molar-refractivity contribution in [1.82, 2.24) is 4.57 Å². The lowest BCUT2D eigenvalue weighted by Gasteiger charge is -2.21. The molecule has 2 unspecified atom stereocenters. The molecular formula is C17H16N2O6. The molecule has 2 aliphatic rings. The zero-order valence-electron chi connectivity index (χ0n) is 13.8. The van der Waals surface area contributed by atoms with Gasteiger partial charge >= 0.3 is 0 Å². The van der Waals surface area contributed by atoms with Crippen molar-refractivity contribution in [3.8, 4) is 23.2 Å². The van der Waals surface area contributed by atoms with Crippen molar-refractivity contribution < 1.29 is 24.6 Å². The highest BCUT2D eigenvalue weighted by Crippen LogP contribution is 2.61. The molecule has 0 amide bonds. The maximum absolute atomic E-state index is 11.5. The van der Waals surface area contributed by atoms with Crippen molar-refractivity contribution >= 4 is 5.69 Å². The Hall–Kier alpha value is -3.00. The summed E-state index contributed by atoms with van der Waals surface area (Å²) in [5.41, 5.74) is -1.20. The van der Waals surface area contributed by atoms with E-state index < -0.39 is 16.1 Å². The quantitative estimate of drug-likeness (QED) is 0.504. The second-order valence-electron chi connectivity index (χ2n) is 6.49. The lowest BCUT2D eigenvalue weighted by molar-refractivity contribution is -0.384. The molecule has 0 radical (unpaired) electrons. The molecule has 8 nitrogen and oxygen atoms in total. The summed E-state index contributed by atoms with van der Waals surface area (Å²) in [7, 11) is 1.40. The van der Waals surface area contributed by atoms with Crippen molar-refractivity contribution in [2.75, 3.05) is 7.11 Å². The van der Waals surface area contributed by atoms with Gasteiger partial charge in [0.05, 0.1) is 29.2 Å². The molecule has 3 heterocycles. The van der Waals surface area contributed by atoms with Gasteiger partial charge in [-0.1, -0.05) is 0 Å². The number of hydrogen-bond acceptors (Lipinski definition) is 6. The maximum atomic E-state index is 11.5. The largest absolute Gasteiger partial charge is 0.496 e. The van der Waals surface area contributed by atoms with Crippen molar-refractivity contribution in [3.05, 3.63) is 51.6 Å². The number of hydrogen-bond donors (Lipinski definition) is 2. The fourth-order valence-electron chi connectivity index (χ4n) is 3.78. The molecule has 0 aliphatic carbocycles. The van der Waals surface area contributed by atoms with E-state index in [4.69, 9.17) is 9.47 Å². The van der Waals surface area contributed by atoms with Gasteiger partial charge in [0.2, 0.25) is 11.8 Å². The van der Waals surface area contributed by atoms with Crippen LogP contribution in [0.3, 0.4) is 0 Å². The third-order valence-corrected chi connectivity index (χ3v) is 4.88. The summed E-state index contributed by atoms with van der Waals surface area (Å²) < 4.78 is 12.0. The molecule has 2 atom stereocenters. The minimum absolute atomic E-state index is 0.0433. The average Bonchev–Trinajstić information content (AvgIpc) is 3.11. The molecule has 2 N–H and O–H groups in total. The molecule has 130 valence electrons. The molecule has 1 aromatic carbocycles. The van der Waals surface area contributed by atoms with Crippen molar-refractivity contribution in [2.45, 2.75) is 25.0 Å². The number of nitro benzene ring substituents is 1. The topological polar surface area (TPSA) is 107 Å². The van der Waals surface area contributed by atoms with Gasteiger partial charge in [0, 0.05) is 0 Å². The summed E-state index contributed by atoms with van der Waals surface area (Å²) in [5.74, 6) is -0.259. The number of nitro groups is 1. The molecule has 2 aromatic rings. The van der Waals surface area contributed by atoms with E-state index in [1.807, 2.05) is 0 Å². The summed E-state index contributed by atoms with van der Waals surface area (Å²) in [6.07, 6.45) is 3.61.